The quantitative estimate of drug-likeness (QED) is 0.820. The average molecular weight is 304 g/mol. The molecule has 0 amide bonds. The van der Waals surface area contributed by atoms with Crippen molar-refractivity contribution in [3.63, 3.8) is 0 Å². The van der Waals surface area contributed by atoms with E-state index in [0.717, 1.165) is 17.8 Å². The fraction of sp³-hybridized carbons (Fsp3) is 0.500. The second kappa shape index (κ2) is 7.26. The lowest BCUT2D eigenvalue weighted by molar-refractivity contribution is 0.310. The maximum absolute atomic E-state index is 6.28. The zero-order valence-electron chi connectivity index (χ0n) is 13.6. The molecule has 1 aromatic carbocycles. The van der Waals surface area contributed by atoms with E-state index in [1.165, 1.54) is 0 Å². The van der Waals surface area contributed by atoms with Crippen LogP contribution in [0.2, 0.25) is 0 Å². The van der Waals surface area contributed by atoms with Crippen LogP contribution in [0, 0.1) is 5.92 Å². The summed E-state index contributed by atoms with van der Waals surface area (Å²) >= 11 is 0. The van der Waals surface area contributed by atoms with Crippen LogP contribution in [0.15, 0.2) is 18.2 Å². The second-order valence-electron chi connectivity index (χ2n) is 5.56. The summed E-state index contributed by atoms with van der Waals surface area (Å²) in [5, 5.41) is 7.18. The SMILES string of the molecule is CCOc1cc(C(N)c2n[nH]c(CC(C)C)n2)ccc1OC. The standard InChI is InChI=1S/C16H24N4O2/c1-5-22-13-9-11(6-7-12(13)21-4)15(17)16-18-14(19-20-16)8-10(2)3/h6-7,9-10,15H,5,8,17H2,1-4H3,(H,18,19,20). The van der Waals surface area contributed by atoms with Gasteiger partial charge in [0, 0.05) is 6.42 Å². The number of hydrogen-bond donors (Lipinski definition) is 2. The summed E-state index contributed by atoms with van der Waals surface area (Å²) in [6.45, 7) is 6.77. The Morgan fingerprint density at radius 3 is 2.68 bits per heavy atom. The van der Waals surface area contributed by atoms with Crippen LogP contribution >= 0.6 is 0 Å². The Bertz CT molecular complexity index is 610. The van der Waals surface area contributed by atoms with Crippen molar-refractivity contribution in [3.05, 3.63) is 35.4 Å². The third-order valence-electron chi connectivity index (χ3n) is 3.28. The van der Waals surface area contributed by atoms with E-state index in [1.54, 1.807) is 7.11 Å². The summed E-state index contributed by atoms with van der Waals surface area (Å²) < 4.78 is 10.9. The normalized spacial score (nSPS) is 12.5. The molecule has 2 rings (SSSR count). The highest BCUT2D eigenvalue weighted by Crippen LogP contribution is 2.31. The molecule has 0 bridgehead atoms. The fourth-order valence-electron chi connectivity index (χ4n) is 2.23. The lowest BCUT2D eigenvalue weighted by Crippen LogP contribution is -2.14. The van der Waals surface area contributed by atoms with Crippen LogP contribution < -0.4 is 15.2 Å². The smallest absolute Gasteiger partial charge is 0.171 e. The molecular formula is C16H24N4O2. The topological polar surface area (TPSA) is 86.0 Å². The molecule has 1 aromatic heterocycles. The van der Waals surface area contributed by atoms with Gasteiger partial charge in [0.2, 0.25) is 0 Å². The predicted octanol–water partition coefficient (Wildman–Crippen LogP) is 2.46. The summed E-state index contributed by atoms with van der Waals surface area (Å²) in [5.74, 6) is 3.33. The molecule has 0 spiro atoms. The molecule has 1 unspecified atom stereocenters. The van der Waals surface area contributed by atoms with Crippen LogP contribution in [0.5, 0.6) is 11.5 Å². The molecule has 1 atom stereocenters. The van der Waals surface area contributed by atoms with Gasteiger partial charge in [0.1, 0.15) is 5.82 Å². The lowest BCUT2D eigenvalue weighted by atomic mass is 10.1. The average Bonchev–Trinajstić information content (AvgIpc) is 2.94. The first kappa shape index (κ1) is 16.3. The molecular weight excluding hydrogens is 280 g/mol. The van der Waals surface area contributed by atoms with Crippen LogP contribution in [0.4, 0.5) is 0 Å². The molecule has 22 heavy (non-hydrogen) atoms. The van der Waals surface area contributed by atoms with Gasteiger partial charge in [-0.2, -0.15) is 5.10 Å². The van der Waals surface area contributed by atoms with Gasteiger partial charge in [-0.15, -0.1) is 0 Å². The van der Waals surface area contributed by atoms with E-state index in [4.69, 9.17) is 15.2 Å². The Kier molecular flexibility index (Phi) is 5.38. The number of ether oxygens (including phenoxy) is 2. The third kappa shape index (κ3) is 3.76. The van der Waals surface area contributed by atoms with Crippen LogP contribution in [-0.4, -0.2) is 28.9 Å². The van der Waals surface area contributed by atoms with Crippen LogP contribution in [-0.2, 0) is 6.42 Å². The van der Waals surface area contributed by atoms with Crippen LogP contribution in [0.3, 0.4) is 0 Å². The molecule has 0 saturated heterocycles. The minimum absolute atomic E-state index is 0.401. The van der Waals surface area contributed by atoms with Gasteiger partial charge < -0.3 is 15.2 Å². The van der Waals surface area contributed by atoms with Gasteiger partial charge >= 0.3 is 0 Å². The van der Waals surface area contributed by atoms with Gasteiger partial charge in [0.05, 0.1) is 19.8 Å². The van der Waals surface area contributed by atoms with Gasteiger partial charge in [-0.25, -0.2) is 4.98 Å². The number of benzene rings is 1. The molecule has 0 aliphatic heterocycles. The number of hydrogen-bond acceptors (Lipinski definition) is 5. The van der Waals surface area contributed by atoms with Crippen molar-refractivity contribution in [2.75, 3.05) is 13.7 Å². The molecule has 1 heterocycles. The van der Waals surface area contributed by atoms with Crippen LogP contribution in [0.25, 0.3) is 0 Å². The first-order valence-electron chi connectivity index (χ1n) is 7.52. The van der Waals surface area contributed by atoms with Crippen molar-refractivity contribution in [2.45, 2.75) is 33.2 Å². The van der Waals surface area contributed by atoms with Crippen molar-refractivity contribution in [3.8, 4) is 11.5 Å². The number of aromatic nitrogens is 3. The van der Waals surface area contributed by atoms with Crippen molar-refractivity contribution >= 4 is 0 Å². The molecule has 2 aromatic rings. The van der Waals surface area contributed by atoms with E-state index in [1.807, 2.05) is 25.1 Å². The fourth-order valence-corrected chi connectivity index (χ4v) is 2.23. The highest BCUT2D eigenvalue weighted by atomic mass is 16.5. The van der Waals surface area contributed by atoms with E-state index in [2.05, 4.69) is 29.0 Å². The molecule has 120 valence electrons. The summed E-state index contributed by atoms with van der Waals surface area (Å²) in [6, 6.07) is 5.24. The van der Waals surface area contributed by atoms with Crippen LogP contribution in [0.1, 0.15) is 44.0 Å². The number of nitrogens with one attached hydrogen (secondary N) is 1. The van der Waals surface area contributed by atoms with Crippen molar-refractivity contribution in [2.24, 2.45) is 11.7 Å². The Balaban J connectivity index is 2.23. The van der Waals surface area contributed by atoms with Crippen molar-refractivity contribution in [1.82, 2.24) is 15.2 Å². The minimum atomic E-state index is -0.401. The van der Waals surface area contributed by atoms with E-state index >= 15 is 0 Å². The summed E-state index contributed by atoms with van der Waals surface area (Å²) in [4.78, 5) is 4.48. The number of nitrogens with two attached hydrogens (primary N) is 1. The zero-order valence-corrected chi connectivity index (χ0v) is 13.6. The Hall–Kier alpha value is -2.08. The van der Waals surface area contributed by atoms with Gasteiger partial charge in [0.15, 0.2) is 17.3 Å². The summed E-state index contributed by atoms with van der Waals surface area (Å²) in [6.07, 6.45) is 0.854. The molecule has 6 nitrogen and oxygen atoms in total. The molecule has 0 aliphatic rings. The number of nitrogens with zero attached hydrogens (tertiary/aromatic N) is 2. The molecule has 3 N–H and O–H groups in total. The number of H-pyrrole nitrogens is 1. The van der Waals surface area contributed by atoms with Crippen molar-refractivity contribution < 1.29 is 9.47 Å². The second-order valence-corrected chi connectivity index (χ2v) is 5.56. The Morgan fingerprint density at radius 1 is 1.27 bits per heavy atom. The first-order valence-corrected chi connectivity index (χ1v) is 7.52. The Morgan fingerprint density at radius 2 is 2.05 bits per heavy atom. The summed E-state index contributed by atoms with van der Waals surface area (Å²) in [7, 11) is 1.62. The molecule has 0 fully saturated rings. The largest absolute Gasteiger partial charge is 0.493 e. The van der Waals surface area contributed by atoms with E-state index in [9.17, 15) is 0 Å². The summed E-state index contributed by atoms with van der Waals surface area (Å²) in [5.41, 5.74) is 7.16. The molecule has 0 radical (unpaired) electrons. The van der Waals surface area contributed by atoms with Gasteiger partial charge in [0.25, 0.3) is 0 Å². The van der Waals surface area contributed by atoms with E-state index in [0.29, 0.717) is 29.8 Å². The molecule has 0 aliphatic carbocycles. The molecule has 6 heteroatoms. The minimum Gasteiger partial charge on any atom is -0.493 e. The van der Waals surface area contributed by atoms with Gasteiger partial charge in [-0.3, -0.25) is 5.10 Å². The highest BCUT2D eigenvalue weighted by Gasteiger charge is 2.17. The maximum atomic E-state index is 6.28. The predicted molar refractivity (Wildman–Crippen MR) is 85.1 cm³/mol. The van der Waals surface area contributed by atoms with Crippen molar-refractivity contribution in [1.29, 1.82) is 0 Å². The Labute approximate surface area is 131 Å². The van der Waals surface area contributed by atoms with E-state index in [-0.39, 0.29) is 0 Å². The highest BCUT2D eigenvalue weighted by molar-refractivity contribution is 5.44. The number of rotatable bonds is 7. The first-order chi connectivity index (χ1) is 10.5. The van der Waals surface area contributed by atoms with Gasteiger partial charge in [-0.1, -0.05) is 19.9 Å². The van der Waals surface area contributed by atoms with Gasteiger partial charge in [-0.05, 0) is 30.5 Å². The lowest BCUT2D eigenvalue weighted by Gasteiger charge is -2.13. The monoisotopic (exact) mass is 304 g/mol. The zero-order chi connectivity index (χ0) is 16.1. The molecule has 0 saturated carbocycles. The van der Waals surface area contributed by atoms with E-state index < -0.39 is 6.04 Å². The number of methoxy groups -OCH3 is 1. The third-order valence-corrected chi connectivity index (χ3v) is 3.28. The maximum Gasteiger partial charge on any atom is 0.171 e. The number of aromatic amines is 1.